The van der Waals surface area contributed by atoms with Gasteiger partial charge in [0.1, 0.15) is 6.54 Å². The molecule has 0 N–H and O–H groups in total. The molecule has 0 saturated heterocycles. The van der Waals surface area contributed by atoms with Gasteiger partial charge in [-0.3, -0.25) is 9.59 Å². The van der Waals surface area contributed by atoms with Crippen LogP contribution in [0.4, 0.5) is 13.2 Å². The maximum Gasteiger partial charge on any atom is 0.416 e. The van der Waals surface area contributed by atoms with Gasteiger partial charge in [-0.05, 0) is 49.2 Å². The molecule has 5 nitrogen and oxygen atoms in total. The molecule has 3 aromatic rings. The zero-order chi connectivity index (χ0) is 21.3. The summed E-state index contributed by atoms with van der Waals surface area (Å²) < 4.78 is 45.9. The lowest BCUT2D eigenvalue weighted by Crippen LogP contribution is -2.22. The van der Waals surface area contributed by atoms with Crippen molar-refractivity contribution >= 4 is 33.4 Å². The third-order valence-electron chi connectivity index (χ3n) is 4.26. The van der Waals surface area contributed by atoms with Crippen LogP contribution in [-0.2, 0) is 22.3 Å². The highest BCUT2D eigenvalue weighted by atomic mass is 32.1. The van der Waals surface area contributed by atoms with Crippen LogP contribution < -0.4 is 4.80 Å². The fourth-order valence-electron chi connectivity index (χ4n) is 2.92. The number of thiazole rings is 1. The molecule has 2 aromatic carbocycles. The van der Waals surface area contributed by atoms with Gasteiger partial charge in [-0.1, -0.05) is 23.5 Å². The van der Waals surface area contributed by atoms with Crippen LogP contribution in [0.5, 0.6) is 0 Å². The second-order valence-electron chi connectivity index (χ2n) is 6.47. The predicted molar refractivity (Wildman–Crippen MR) is 103 cm³/mol. The summed E-state index contributed by atoms with van der Waals surface area (Å²) in [6.07, 6.45) is -4.56. The van der Waals surface area contributed by atoms with E-state index in [1.54, 1.807) is 0 Å². The summed E-state index contributed by atoms with van der Waals surface area (Å²) in [6, 6.07) is 7.90. The zero-order valence-corrected chi connectivity index (χ0v) is 16.6. The molecule has 0 saturated carbocycles. The molecule has 0 aliphatic heterocycles. The minimum absolute atomic E-state index is 0.173. The number of esters is 1. The summed E-state index contributed by atoms with van der Waals surface area (Å²) in [7, 11) is 1.25. The van der Waals surface area contributed by atoms with Gasteiger partial charge >= 0.3 is 12.1 Å². The first kappa shape index (κ1) is 20.8. The number of halogens is 3. The topological polar surface area (TPSA) is 60.7 Å². The first-order valence-electron chi connectivity index (χ1n) is 8.54. The lowest BCUT2D eigenvalue weighted by atomic mass is 10.1. The second kappa shape index (κ2) is 7.82. The maximum atomic E-state index is 12.9. The van der Waals surface area contributed by atoms with Gasteiger partial charge in [-0.15, -0.1) is 0 Å². The molecular weight excluding hydrogens is 405 g/mol. The first-order valence-corrected chi connectivity index (χ1v) is 9.35. The van der Waals surface area contributed by atoms with Gasteiger partial charge < -0.3 is 9.30 Å². The highest BCUT2D eigenvalue weighted by molar-refractivity contribution is 7.16. The molecule has 1 amide bonds. The molecule has 0 aliphatic rings. The van der Waals surface area contributed by atoms with Crippen molar-refractivity contribution < 1.29 is 27.5 Å². The molecule has 0 aliphatic carbocycles. The Morgan fingerprint density at radius 3 is 2.55 bits per heavy atom. The summed E-state index contributed by atoms with van der Waals surface area (Å²) in [5.74, 6) is -1.35. The van der Waals surface area contributed by atoms with Gasteiger partial charge in [-0.25, -0.2) is 0 Å². The number of aromatic nitrogens is 1. The van der Waals surface area contributed by atoms with Gasteiger partial charge in [0.2, 0.25) is 0 Å². The summed E-state index contributed by atoms with van der Waals surface area (Å²) >= 11 is 1.19. The van der Waals surface area contributed by atoms with Crippen LogP contribution in [0.15, 0.2) is 41.4 Å². The predicted octanol–water partition coefficient (Wildman–Crippen LogP) is 4.25. The molecule has 3 rings (SSSR count). The molecule has 29 heavy (non-hydrogen) atoms. The van der Waals surface area contributed by atoms with Crippen LogP contribution in [0, 0.1) is 13.8 Å². The van der Waals surface area contributed by atoms with Crippen molar-refractivity contribution in [1.82, 2.24) is 4.57 Å². The lowest BCUT2D eigenvalue weighted by molar-refractivity contribution is -0.141. The average molecular weight is 422 g/mol. The first-order chi connectivity index (χ1) is 13.6. The Balaban J connectivity index is 2.16. The Bertz CT molecular complexity index is 1180. The van der Waals surface area contributed by atoms with E-state index in [1.807, 2.05) is 26.0 Å². The van der Waals surface area contributed by atoms with E-state index in [1.165, 1.54) is 29.1 Å². The molecule has 1 aromatic heterocycles. The zero-order valence-electron chi connectivity index (χ0n) is 15.8. The average Bonchev–Trinajstić information content (AvgIpc) is 2.98. The van der Waals surface area contributed by atoms with Gasteiger partial charge in [0.15, 0.2) is 4.80 Å². The largest absolute Gasteiger partial charge is 0.468 e. The number of carbonyl (C=O) groups is 2. The van der Waals surface area contributed by atoms with Gasteiger partial charge in [-0.2, -0.15) is 18.2 Å². The van der Waals surface area contributed by atoms with Crippen molar-refractivity contribution in [3.05, 3.63) is 63.5 Å². The molecule has 0 unspecified atom stereocenters. The van der Waals surface area contributed by atoms with Crippen LogP contribution in [0.1, 0.15) is 27.0 Å². The number of hydrogen-bond acceptors (Lipinski definition) is 4. The van der Waals surface area contributed by atoms with Crippen LogP contribution in [-0.4, -0.2) is 23.6 Å². The number of fused-ring (bicyclic) bond motifs is 1. The van der Waals surface area contributed by atoms with E-state index in [0.717, 1.165) is 34.0 Å². The van der Waals surface area contributed by atoms with Crippen molar-refractivity contribution in [3.8, 4) is 0 Å². The molecule has 152 valence electrons. The van der Waals surface area contributed by atoms with Gasteiger partial charge in [0.25, 0.3) is 5.91 Å². The Morgan fingerprint density at radius 1 is 1.17 bits per heavy atom. The van der Waals surface area contributed by atoms with Crippen molar-refractivity contribution in [1.29, 1.82) is 0 Å². The fraction of sp³-hybridized carbons (Fsp3) is 0.250. The van der Waals surface area contributed by atoms with Gasteiger partial charge in [0.05, 0.1) is 22.9 Å². The van der Waals surface area contributed by atoms with Crippen LogP contribution in [0.3, 0.4) is 0 Å². The van der Waals surface area contributed by atoms with E-state index in [0.29, 0.717) is 5.52 Å². The molecule has 9 heteroatoms. The Labute approximate surface area is 168 Å². The quantitative estimate of drug-likeness (QED) is 0.593. The molecule has 0 spiro atoms. The third-order valence-corrected chi connectivity index (χ3v) is 5.49. The van der Waals surface area contributed by atoms with Crippen LogP contribution >= 0.6 is 11.3 Å². The molecule has 0 bridgehead atoms. The molecule has 0 atom stereocenters. The lowest BCUT2D eigenvalue weighted by Gasteiger charge is -2.07. The number of carbonyl (C=O) groups excluding carboxylic acids is 2. The number of nitrogens with zero attached hydrogens (tertiary/aromatic N) is 2. The SMILES string of the molecule is COC(=O)Cn1c(=NC(=O)c2cccc(C(F)(F)F)c2)sc2c(C)cc(C)cc21. The standard InChI is InChI=1S/C20H17F3N2O3S/c1-11-7-12(2)17-15(8-11)25(10-16(26)28-3)19(29-17)24-18(27)13-5-4-6-14(9-13)20(21,22)23/h4-9H,10H2,1-3H3. The van der Waals surface area contributed by atoms with Crippen LogP contribution in [0.2, 0.25) is 0 Å². The Kier molecular flexibility index (Phi) is 5.61. The number of aryl methyl sites for hydroxylation is 2. The Hall–Kier alpha value is -2.94. The number of alkyl halides is 3. The molecule has 0 radical (unpaired) electrons. The van der Waals surface area contributed by atoms with Crippen molar-refractivity contribution in [2.24, 2.45) is 4.99 Å². The number of methoxy groups -OCH3 is 1. The number of rotatable bonds is 3. The highest BCUT2D eigenvalue weighted by Gasteiger charge is 2.30. The maximum absolute atomic E-state index is 12.9. The number of ether oxygens (including phenoxy) is 1. The Morgan fingerprint density at radius 2 is 1.90 bits per heavy atom. The minimum atomic E-state index is -4.56. The summed E-state index contributed by atoms with van der Waals surface area (Å²) in [6.45, 7) is 3.62. The minimum Gasteiger partial charge on any atom is -0.468 e. The van der Waals surface area contributed by atoms with Crippen LogP contribution in [0.25, 0.3) is 10.2 Å². The van der Waals surface area contributed by atoms with E-state index in [9.17, 15) is 22.8 Å². The fourth-order valence-corrected chi connectivity index (χ4v) is 4.00. The molecule has 1 heterocycles. The van der Waals surface area contributed by atoms with E-state index in [4.69, 9.17) is 4.74 Å². The molecular formula is C20H17F3N2O3S. The van der Waals surface area contributed by atoms with E-state index >= 15 is 0 Å². The van der Waals surface area contributed by atoms with Crippen molar-refractivity contribution in [3.63, 3.8) is 0 Å². The number of amides is 1. The summed E-state index contributed by atoms with van der Waals surface area (Å²) in [5, 5.41) is 0. The third kappa shape index (κ3) is 4.40. The normalized spacial score (nSPS) is 12.4. The van der Waals surface area contributed by atoms with E-state index in [2.05, 4.69) is 4.99 Å². The monoisotopic (exact) mass is 422 g/mol. The highest BCUT2D eigenvalue weighted by Crippen LogP contribution is 2.29. The van der Waals surface area contributed by atoms with Crippen molar-refractivity contribution in [2.75, 3.05) is 7.11 Å². The van der Waals surface area contributed by atoms with E-state index in [-0.39, 0.29) is 16.9 Å². The molecule has 0 fully saturated rings. The number of hydrogen-bond donors (Lipinski definition) is 0. The second-order valence-corrected chi connectivity index (χ2v) is 7.45. The summed E-state index contributed by atoms with van der Waals surface area (Å²) in [5.41, 5.74) is 1.49. The number of benzene rings is 2. The summed E-state index contributed by atoms with van der Waals surface area (Å²) in [4.78, 5) is 28.7. The smallest absolute Gasteiger partial charge is 0.416 e. The van der Waals surface area contributed by atoms with Gasteiger partial charge in [0, 0.05) is 5.56 Å². The van der Waals surface area contributed by atoms with Crippen molar-refractivity contribution in [2.45, 2.75) is 26.6 Å². The van der Waals surface area contributed by atoms with E-state index < -0.39 is 23.6 Å².